The van der Waals surface area contributed by atoms with Crippen LogP contribution in [0.15, 0.2) is 51.8 Å². The summed E-state index contributed by atoms with van der Waals surface area (Å²) in [4.78, 5) is 0. The Hall–Kier alpha value is 0.107. The Morgan fingerprint density at radius 3 is 2.00 bits per heavy atom. The summed E-state index contributed by atoms with van der Waals surface area (Å²) in [5, 5.41) is 1.83. The number of fused-ring (bicyclic) bond motifs is 1. The molecule has 0 amide bonds. The molecule has 1 aromatic rings. The van der Waals surface area contributed by atoms with Gasteiger partial charge in [-0.05, 0) is 0 Å². The maximum atomic E-state index is 2.73. The molecule has 4 heteroatoms. The van der Waals surface area contributed by atoms with Crippen molar-refractivity contribution in [2.75, 3.05) is 0 Å². The topological polar surface area (TPSA) is 0 Å². The smallest absolute Gasteiger partial charge is 1.00 e. The molecule has 0 spiro atoms. The fourth-order valence-corrected chi connectivity index (χ4v) is 39.0. The Bertz CT molecular complexity index is 705. The molecule has 2 aliphatic rings. The third kappa shape index (κ3) is 3.92. The molecule has 1 aromatic carbocycles. The van der Waals surface area contributed by atoms with E-state index >= 15 is 0 Å². The van der Waals surface area contributed by atoms with Gasteiger partial charge in [0.1, 0.15) is 0 Å². The molecule has 0 radical (unpaired) electrons. The monoisotopic (exact) mass is 546 g/mol. The molecule has 0 atom stereocenters. The van der Waals surface area contributed by atoms with Gasteiger partial charge in [0.25, 0.3) is 0 Å². The van der Waals surface area contributed by atoms with Crippen molar-refractivity contribution >= 4 is 12.8 Å². The van der Waals surface area contributed by atoms with Gasteiger partial charge in [-0.2, -0.15) is 0 Å². The second-order valence-electron chi connectivity index (χ2n) is 7.89. The Kier molecular flexibility index (Phi) is 7.57. The third-order valence-corrected chi connectivity index (χ3v) is 34.5. The second-order valence-corrected chi connectivity index (χ2v) is 44.2. The average Bonchev–Trinajstić information content (AvgIpc) is 2.93. The van der Waals surface area contributed by atoms with Gasteiger partial charge in [0.05, 0.1) is 0 Å². The molecule has 0 N–H and O–H groups in total. The number of hydrogen-bond acceptors (Lipinski definition) is 0. The number of benzene rings is 1. The van der Waals surface area contributed by atoms with Crippen LogP contribution in [0, 0.1) is 0 Å². The van der Waals surface area contributed by atoms with Gasteiger partial charge in [0.15, 0.2) is 0 Å². The van der Waals surface area contributed by atoms with Crippen molar-refractivity contribution in [2.45, 2.75) is 47.2 Å². The van der Waals surface area contributed by atoms with E-state index in [1.54, 1.807) is 27.9 Å². The van der Waals surface area contributed by atoms with Gasteiger partial charge in [-0.3, -0.25) is 0 Å². The zero-order valence-corrected chi connectivity index (χ0v) is 22.2. The molecule has 0 saturated heterocycles. The molecule has 0 unspecified atom stereocenters. The number of allylic oxidation sites excluding steroid dienone is 5. The molecular weight excluding hydrogens is 518 g/mol. The summed E-state index contributed by atoms with van der Waals surface area (Å²) in [5.41, 5.74) is 9.66. The molecule has 0 aromatic heterocycles. The standard InChI is InChI=1S/C9H9Si.C9H13.2CH3.2ClH.Hf/c10-9-5-7-3-1-2-4-8(7)6-9;1-6-5-7(2)9(4)8(6)3;;;;;/h1-5H,6,10H2;5H,1-4H3;2*1H3;2*1H;/p-2. The number of hydrogen-bond donors (Lipinski definition) is 0. The molecular formula is C20H28Cl2HfSi-2. The summed E-state index contributed by atoms with van der Waals surface area (Å²) >= 11 is -2.22. The SMILES string of the molecule is CC1=C(C)[CH]([Hf]([CH3])([CH3])[SiH2]C2=Cc3ccccc3C2)C(C)=C1C.[Cl-].[Cl-]. The van der Waals surface area contributed by atoms with E-state index in [2.05, 4.69) is 67.4 Å². The Balaban J connectivity index is 0.00000144. The predicted molar refractivity (Wildman–Crippen MR) is 98.9 cm³/mol. The van der Waals surface area contributed by atoms with Crippen LogP contribution in [0.4, 0.5) is 0 Å². The summed E-state index contributed by atoms with van der Waals surface area (Å²) in [6.45, 7) is 9.42. The fourth-order valence-electron chi connectivity index (χ4n) is 4.67. The van der Waals surface area contributed by atoms with E-state index in [1.165, 1.54) is 12.0 Å². The molecule has 0 heterocycles. The van der Waals surface area contributed by atoms with Crippen LogP contribution >= 0.6 is 0 Å². The number of halogens is 2. The summed E-state index contributed by atoms with van der Waals surface area (Å²) < 4.78 is 6.34. The van der Waals surface area contributed by atoms with Crippen LogP contribution in [-0.4, -0.2) is 6.71 Å². The molecule has 0 aliphatic heterocycles. The molecule has 24 heavy (non-hydrogen) atoms. The minimum atomic E-state index is -2.22. The van der Waals surface area contributed by atoms with E-state index in [1.807, 2.05) is 5.20 Å². The van der Waals surface area contributed by atoms with E-state index in [9.17, 15) is 0 Å². The van der Waals surface area contributed by atoms with Crippen LogP contribution in [0.1, 0.15) is 38.8 Å². The predicted octanol–water partition coefficient (Wildman–Crippen LogP) is -0.600. The largest absolute Gasteiger partial charge is 1.00 e. The summed E-state index contributed by atoms with van der Waals surface area (Å²) in [6, 6.07) is 8.98. The van der Waals surface area contributed by atoms with Gasteiger partial charge in [0, 0.05) is 0 Å². The van der Waals surface area contributed by atoms with Crippen molar-refractivity contribution in [3.05, 3.63) is 62.9 Å². The van der Waals surface area contributed by atoms with Crippen LogP contribution in [0.5, 0.6) is 0 Å². The minimum absolute atomic E-state index is 0. The van der Waals surface area contributed by atoms with E-state index in [0.29, 0.717) is 0 Å². The first-order chi connectivity index (χ1) is 10.3. The van der Waals surface area contributed by atoms with E-state index < -0.39 is 19.1 Å². The zero-order valence-electron chi connectivity index (χ0n) is 15.6. The van der Waals surface area contributed by atoms with Gasteiger partial charge in [0.2, 0.25) is 0 Å². The van der Waals surface area contributed by atoms with E-state index in [0.717, 1.165) is 3.67 Å². The van der Waals surface area contributed by atoms with Crippen molar-refractivity contribution in [3.63, 3.8) is 0 Å². The van der Waals surface area contributed by atoms with Crippen LogP contribution in [-0.2, 0) is 25.6 Å². The van der Waals surface area contributed by atoms with Crippen molar-refractivity contribution in [1.82, 2.24) is 0 Å². The summed E-state index contributed by atoms with van der Waals surface area (Å²) in [6.07, 6.45) is 3.79. The molecule has 132 valence electrons. The Morgan fingerprint density at radius 1 is 0.917 bits per heavy atom. The van der Waals surface area contributed by atoms with Crippen molar-refractivity contribution < 1.29 is 44.0 Å². The van der Waals surface area contributed by atoms with Gasteiger partial charge in [-0.15, -0.1) is 0 Å². The van der Waals surface area contributed by atoms with Gasteiger partial charge in [-0.25, -0.2) is 0 Å². The summed E-state index contributed by atoms with van der Waals surface area (Å²) in [5.74, 6) is 0. The first-order valence-corrected chi connectivity index (χ1v) is 26.7. The maximum absolute atomic E-state index is 2.73. The first-order valence-electron chi connectivity index (χ1n) is 8.43. The quantitative estimate of drug-likeness (QED) is 0.445. The van der Waals surface area contributed by atoms with E-state index in [-0.39, 0.29) is 31.5 Å². The third-order valence-electron chi connectivity index (χ3n) is 5.91. The van der Waals surface area contributed by atoms with Crippen LogP contribution in [0.3, 0.4) is 0 Å². The molecule has 0 saturated carbocycles. The van der Waals surface area contributed by atoms with Crippen LogP contribution in [0.2, 0.25) is 13.0 Å². The normalized spacial score (nSPS) is 18.0. The molecule has 3 rings (SSSR count). The minimum Gasteiger partial charge on any atom is -1.00 e. The van der Waals surface area contributed by atoms with Crippen molar-refractivity contribution in [1.29, 1.82) is 0 Å². The average molecular weight is 546 g/mol. The second kappa shape index (κ2) is 8.20. The molecule has 0 fully saturated rings. The maximum Gasteiger partial charge on any atom is -1.00 e. The Labute approximate surface area is 165 Å². The van der Waals surface area contributed by atoms with Gasteiger partial charge < -0.3 is 24.8 Å². The molecule has 0 nitrogen and oxygen atoms in total. The van der Waals surface area contributed by atoms with Crippen LogP contribution < -0.4 is 24.8 Å². The fraction of sp³-hybridized carbons (Fsp3) is 0.400. The molecule has 2 aliphatic carbocycles. The summed E-state index contributed by atoms with van der Waals surface area (Å²) in [7, 11) is 0. The first kappa shape index (κ1) is 22.1. The number of rotatable bonds is 3. The van der Waals surface area contributed by atoms with Crippen molar-refractivity contribution in [2.24, 2.45) is 0 Å². The Morgan fingerprint density at radius 2 is 1.46 bits per heavy atom. The van der Waals surface area contributed by atoms with E-state index in [4.69, 9.17) is 0 Å². The zero-order chi connectivity index (χ0) is 16.1. The van der Waals surface area contributed by atoms with Gasteiger partial charge >= 0.3 is 142 Å². The van der Waals surface area contributed by atoms with Crippen molar-refractivity contribution in [3.8, 4) is 0 Å². The van der Waals surface area contributed by atoms with Crippen LogP contribution in [0.25, 0.3) is 6.08 Å². The van der Waals surface area contributed by atoms with Gasteiger partial charge in [-0.1, -0.05) is 0 Å². The molecule has 0 bridgehead atoms.